The molecule has 0 bridgehead atoms. The molecule has 1 aromatic heterocycles. The monoisotopic (exact) mass is 607 g/mol. The number of hydrogen-bond donors (Lipinski definition) is 1. The highest BCUT2D eigenvalue weighted by Gasteiger charge is 2.32. The summed E-state index contributed by atoms with van der Waals surface area (Å²) < 4.78 is 7.26. The molecular weight excluding hydrogens is 574 g/mol. The summed E-state index contributed by atoms with van der Waals surface area (Å²) in [5, 5.41) is 5.58. The Kier molecular flexibility index (Phi) is 7.78. The van der Waals surface area contributed by atoms with Crippen molar-refractivity contribution in [1.29, 1.82) is 0 Å². The van der Waals surface area contributed by atoms with Gasteiger partial charge in [-0.2, -0.15) is 5.10 Å². The second-order valence-electron chi connectivity index (χ2n) is 11.3. The zero-order valence-electron chi connectivity index (χ0n) is 25.4. The molecule has 46 heavy (non-hydrogen) atoms. The van der Waals surface area contributed by atoms with Gasteiger partial charge in [-0.25, -0.2) is 4.68 Å². The van der Waals surface area contributed by atoms with E-state index in [4.69, 9.17) is 15.6 Å². The number of carbonyl (C=O) groups excluding carboxylic acids is 2. The van der Waals surface area contributed by atoms with Crippen LogP contribution in [0.5, 0.6) is 5.75 Å². The number of nitrogens with two attached hydrogens (primary N) is 1. The average Bonchev–Trinajstić information content (AvgIpc) is 3.50. The van der Waals surface area contributed by atoms with Crippen LogP contribution in [0.2, 0.25) is 0 Å². The van der Waals surface area contributed by atoms with Crippen LogP contribution in [0.4, 0.5) is 11.4 Å². The molecule has 0 fully saturated rings. The summed E-state index contributed by atoms with van der Waals surface area (Å²) in [5.41, 5.74) is 11.9. The standard InChI is InChI=1S/C38H33N5O3/c1-46-31-20-21-32-35(23-31)43(40-36(32)38(45)42(28-14-4-2-5-15-28)29-16-6-3-7-17-29)34-19-11-10-18-33(34)37(44)41-25-27-13-9-8-12-26(27)22-30(41)24-39/h2-21,23,30H,22,24-25,39H2,1H3/t30-/m0/s1. The molecule has 0 unspecified atom stereocenters. The summed E-state index contributed by atoms with van der Waals surface area (Å²) in [7, 11) is 1.60. The predicted molar refractivity (Wildman–Crippen MR) is 180 cm³/mol. The van der Waals surface area contributed by atoms with E-state index in [-0.39, 0.29) is 23.6 Å². The number of aromatic nitrogens is 2. The van der Waals surface area contributed by atoms with E-state index >= 15 is 0 Å². The Labute approximate surface area is 267 Å². The SMILES string of the molecule is COc1ccc2c(C(=O)N(c3ccccc3)c3ccccc3)nn(-c3ccccc3C(=O)N3Cc4ccccc4C[C@H]3CN)c2c1. The van der Waals surface area contributed by atoms with Crippen molar-refractivity contribution in [2.24, 2.45) is 5.73 Å². The van der Waals surface area contributed by atoms with E-state index < -0.39 is 0 Å². The number of carbonyl (C=O) groups is 2. The minimum Gasteiger partial charge on any atom is -0.497 e. The fourth-order valence-corrected chi connectivity index (χ4v) is 6.24. The van der Waals surface area contributed by atoms with Gasteiger partial charge in [0.2, 0.25) is 0 Å². The Morgan fingerprint density at radius 2 is 1.46 bits per heavy atom. The molecule has 5 aromatic carbocycles. The topological polar surface area (TPSA) is 93.7 Å². The van der Waals surface area contributed by atoms with Gasteiger partial charge in [0.05, 0.1) is 23.9 Å². The highest BCUT2D eigenvalue weighted by Crippen LogP contribution is 2.33. The molecule has 8 heteroatoms. The lowest BCUT2D eigenvalue weighted by Gasteiger charge is -2.36. The largest absolute Gasteiger partial charge is 0.497 e. The molecule has 228 valence electrons. The number of fused-ring (bicyclic) bond motifs is 2. The molecule has 6 aromatic rings. The molecule has 1 aliphatic rings. The van der Waals surface area contributed by atoms with E-state index in [1.165, 1.54) is 5.56 Å². The second-order valence-corrected chi connectivity index (χ2v) is 11.3. The highest BCUT2D eigenvalue weighted by molar-refractivity contribution is 6.16. The van der Waals surface area contributed by atoms with E-state index in [0.29, 0.717) is 58.8 Å². The van der Waals surface area contributed by atoms with Gasteiger partial charge in [-0.15, -0.1) is 0 Å². The number of methoxy groups -OCH3 is 1. The molecule has 1 aliphatic heterocycles. The van der Waals surface area contributed by atoms with Crippen molar-refractivity contribution in [2.75, 3.05) is 18.6 Å². The van der Waals surface area contributed by atoms with Crippen LogP contribution in [0.25, 0.3) is 16.6 Å². The third-order valence-corrected chi connectivity index (χ3v) is 8.57. The fraction of sp³-hybridized carbons (Fsp3) is 0.132. The minimum atomic E-state index is -0.300. The molecule has 0 saturated carbocycles. The molecule has 2 N–H and O–H groups in total. The summed E-state index contributed by atoms with van der Waals surface area (Å²) in [6.45, 7) is 0.809. The lowest BCUT2D eigenvalue weighted by molar-refractivity contribution is 0.0647. The first-order valence-corrected chi connectivity index (χ1v) is 15.3. The summed E-state index contributed by atoms with van der Waals surface area (Å²) in [6.07, 6.45) is 0.690. The van der Waals surface area contributed by atoms with Gasteiger partial charge in [-0.05, 0) is 66.1 Å². The van der Waals surface area contributed by atoms with Crippen molar-refractivity contribution in [1.82, 2.24) is 14.7 Å². The third-order valence-electron chi connectivity index (χ3n) is 8.57. The summed E-state index contributed by atoms with van der Waals surface area (Å²) in [4.78, 5) is 32.4. The van der Waals surface area contributed by atoms with Crippen LogP contribution in [-0.2, 0) is 13.0 Å². The molecule has 2 heterocycles. The van der Waals surface area contributed by atoms with E-state index in [1.807, 2.05) is 114 Å². The van der Waals surface area contributed by atoms with Crippen LogP contribution in [0.1, 0.15) is 32.0 Å². The minimum absolute atomic E-state index is 0.143. The van der Waals surface area contributed by atoms with Crippen molar-refractivity contribution in [3.63, 3.8) is 0 Å². The molecule has 0 aliphatic carbocycles. The smallest absolute Gasteiger partial charge is 0.283 e. The van der Waals surface area contributed by atoms with Crippen LogP contribution >= 0.6 is 0 Å². The Morgan fingerprint density at radius 3 is 2.13 bits per heavy atom. The number of nitrogens with zero attached hydrogens (tertiary/aromatic N) is 4. The van der Waals surface area contributed by atoms with Crippen molar-refractivity contribution in [3.05, 3.63) is 150 Å². The number of para-hydroxylation sites is 3. The Balaban J connectivity index is 1.36. The van der Waals surface area contributed by atoms with Crippen LogP contribution in [0, 0.1) is 0 Å². The average molecular weight is 608 g/mol. The van der Waals surface area contributed by atoms with Crippen molar-refractivity contribution in [2.45, 2.75) is 19.0 Å². The third kappa shape index (κ3) is 5.18. The van der Waals surface area contributed by atoms with E-state index in [1.54, 1.807) is 22.8 Å². The van der Waals surface area contributed by atoms with Crippen LogP contribution in [0.15, 0.2) is 127 Å². The maximum absolute atomic E-state index is 14.6. The van der Waals surface area contributed by atoms with Crippen LogP contribution in [-0.4, -0.2) is 46.2 Å². The molecule has 1 atom stereocenters. The highest BCUT2D eigenvalue weighted by atomic mass is 16.5. The summed E-state index contributed by atoms with van der Waals surface area (Å²) in [6, 6.07) is 39.9. The number of hydrogen-bond acceptors (Lipinski definition) is 5. The Morgan fingerprint density at radius 1 is 0.826 bits per heavy atom. The molecule has 8 nitrogen and oxygen atoms in total. The maximum atomic E-state index is 14.6. The van der Waals surface area contributed by atoms with Gasteiger partial charge >= 0.3 is 0 Å². The van der Waals surface area contributed by atoms with Gasteiger partial charge < -0.3 is 15.4 Å². The fourth-order valence-electron chi connectivity index (χ4n) is 6.24. The van der Waals surface area contributed by atoms with E-state index in [0.717, 1.165) is 5.56 Å². The maximum Gasteiger partial charge on any atom is 0.283 e. The lowest BCUT2D eigenvalue weighted by atomic mass is 9.93. The normalized spacial score (nSPS) is 14.1. The van der Waals surface area contributed by atoms with E-state index in [2.05, 4.69) is 12.1 Å². The molecule has 7 rings (SSSR count). The Bertz CT molecular complexity index is 2000. The number of amides is 2. The second kappa shape index (κ2) is 12.3. The first-order valence-electron chi connectivity index (χ1n) is 15.3. The van der Waals surface area contributed by atoms with Gasteiger partial charge in [0.25, 0.3) is 11.8 Å². The van der Waals surface area contributed by atoms with Gasteiger partial charge in [0.15, 0.2) is 5.69 Å². The quantitative estimate of drug-likeness (QED) is 0.223. The first-order chi connectivity index (χ1) is 22.6. The van der Waals surface area contributed by atoms with Crippen molar-refractivity contribution < 1.29 is 14.3 Å². The van der Waals surface area contributed by atoms with Gasteiger partial charge in [-0.3, -0.25) is 14.5 Å². The van der Waals surface area contributed by atoms with Gasteiger partial charge in [0, 0.05) is 42.0 Å². The zero-order chi connectivity index (χ0) is 31.6. The van der Waals surface area contributed by atoms with Gasteiger partial charge in [-0.1, -0.05) is 72.8 Å². The number of anilines is 2. The first kappa shape index (κ1) is 29.0. The number of rotatable bonds is 7. The van der Waals surface area contributed by atoms with E-state index in [9.17, 15) is 9.59 Å². The zero-order valence-corrected chi connectivity index (χ0v) is 25.4. The van der Waals surface area contributed by atoms with Crippen LogP contribution < -0.4 is 15.4 Å². The molecule has 0 saturated heterocycles. The number of ether oxygens (including phenoxy) is 1. The van der Waals surface area contributed by atoms with Crippen LogP contribution in [0.3, 0.4) is 0 Å². The van der Waals surface area contributed by atoms with Crippen molar-refractivity contribution >= 4 is 34.1 Å². The molecule has 2 amide bonds. The number of benzene rings is 5. The van der Waals surface area contributed by atoms with Gasteiger partial charge in [0.1, 0.15) is 5.75 Å². The molecule has 0 radical (unpaired) electrons. The molecule has 0 spiro atoms. The molecular formula is C38H33N5O3. The summed E-state index contributed by atoms with van der Waals surface area (Å²) in [5.74, 6) is 0.163. The Hall–Kier alpha value is -5.73. The lowest BCUT2D eigenvalue weighted by Crippen LogP contribution is -2.48. The van der Waals surface area contributed by atoms with Crippen molar-refractivity contribution in [3.8, 4) is 11.4 Å². The predicted octanol–water partition coefficient (Wildman–Crippen LogP) is 6.54. The summed E-state index contributed by atoms with van der Waals surface area (Å²) >= 11 is 0.